The van der Waals surface area contributed by atoms with Crippen LogP contribution in [0.25, 0.3) is 16.3 Å². The quantitative estimate of drug-likeness (QED) is 0.217. The van der Waals surface area contributed by atoms with Crippen molar-refractivity contribution in [1.29, 1.82) is 0 Å². The maximum Gasteiger partial charge on any atom is 0.319 e. The molecule has 0 atom stereocenters. The lowest BCUT2D eigenvalue weighted by Gasteiger charge is -2.19. The number of benzene rings is 3. The molecule has 0 unspecified atom stereocenters. The van der Waals surface area contributed by atoms with Gasteiger partial charge in [0.05, 0.1) is 32.6 Å². The number of carbonyl (C=O) groups is 2. The molecule has 1 aromatic heterocycles. The summed E-state index contributed by atoms with van der Waals surface area (Å²) in [6.07, 6.45) is 5.67. The Labute approximate surface area is 240 Å². The molecule has 0 aliphatic rings. The maximum absolute atomic E-state index is 13.1. The van der Waals surface area contributed by atoms with Crippen molar-refractivity contribution in [3.05, 3.63) is 89.2 Å². The molecular formula is C29H30FN3O5S2. The number of hydrogen-bond acceptors (Lipinski definition) is 10. The van der Waals surface area contributed by atoms with Crippen molar-refractivity contribution in [1.82, 2.24) is 14.5 Å². The number of aromatic nitrogens is 2. The molecule has 0 radical (unpaired) electrons. The van der Waals surface area contributed by atoms with E-state index in [0.29, 0.717) is 30.2 Å². The number of halogens is 1. The molecule has 0 N–H and O–H groups in total. The molecule has 8 nitrogen and oxygen atoms in total. The smallest absolute Gasteiger partial charge is 0.319 e. The van der Waals surface area contributed by atoms with Crippen molar-refractivity contribution < 1.29 is 28.2 Å². The minimum atomic E-state index is -0.323. The summed E-state index contributed by atoms with van der Waals surface area (Å²) in [5.74, 6) is 0.707. The van der Waals surface area contributed by atoms with Crippen LogP contribution in [0.2, 0.25) is 0 Å². The standard InChI is InChI=1S/C21H24FNO4.C8H6N2OS2/c1-25-19-11-8-16(13-20(19)26-2)5-4-12-23(15-21(24)27-3)14-17-6-9-18(22)10-7-17;1-12-8(11)5-3-2-4-6-7(5)13-10-9-6/h4-11,13H,12,14-15H2,1-3H3;2-4H,1H3/b5-4+;. The second-order valence-electron chi connectivity index (χ2n) is 8.31. The van der Waals surface area contributed by atoms with Gasteiger partial charge in [-0.15, -0.1) is 5.10 Å². The van der Waals surface area contributed by atoms with E-state index in [9.17, 15) is 14.0 Å². The highest BCUT2D eigenvalue weighted by atomic mass is 32.2. The van der Waals surface area contributed by atoms with Gasteiger partial charge >= 0.3 is 5.97 Å². The lowest BCUT2D eigenvalue weighted by molar-refractivity contribution is -0.141. The highest BCUT2D eigenvalue weighted by Crippen LogP contribution is 2.28. The Kier molecular flexibility index (Phi) is 12.1. The van der Waals surface area contributed by atoms with E-state index in [1.165, 1.54) is 42.5 Å². The molecule has 4 aromatic rings. The van der Waals surface area contributed by atoms with Gasteiger partial charge in [0.15, 0.2) is 11.5 Å². The first kappa shape index (κ1) is 30.7. The van der Waals surface area contributed by atoms with Gasteiger partial charge in [0.25, 0.3) is 0 Å². The van der Waals surface area contributed by atoms with E-state index in [0.717, 1.165) is 21.3 Å². The average Bonchev–Trinajstić information content (AvgIpc) is 3.47. The van der Waals surface area contributed by atoms with Gasteiger partial charge < -0.3 is 14.2 Å². The summed E-state index contributed by atoms with van der Waals surface area (Å²) in [4.78, 5) is 25.0. The second kappa shape index (κ2) is 15.7. The monoisotopic (exact) mass is 583 g/mol. The highest BCUT2D eigenvalue weighted by molar-refractivity contribution is 8.13. The van der Waals surface area contributed by atoms with Crippen LogP contribution in [-0.2, 0) is 16.1 Å². The van der Waals surface area contributed by atoms with Crippen LogP contribution >= 0.6 is 23.3 Å². The van der Waals surface area contributed by atoms with E-state index < -0.39 is 0 Å². The van der Waals surface area contributed by atoms with E-state index in [1.54, 1.807) is 38.7 Å². The Balaban J connectivity index is 0.000000281. The van der Waals surface area contributed by atoms with E-state index in [4.69, 9.17) is 14.2 Å². The largest absolute Gasteiger partial charge is 0.493 e. The van der Waals surface area contributed by atoms with Crippen molar-refractivity contribution in [2.24, 2.45) is 0 Å². The van der Waals surface area contributed by atoms with Gasteiger partial charge in [-0.25, -0.2) is 4.39 Å². The Hall–Kier alpha value is -3.80. The lowest BCUT2D eigenvalue weighted by atomic mass is 10.1. The van der Waals surface area contributed by atoms with Crippen molar-refractivity contribution in [2.75, 3.05) is 40.7 Å². The number of nitrogens with zero attached hydrogens (tertiary/aromatic N) is 3. The fraction of sp³-hybridized carbons (Fsp3) is 0.241. The second-order valence-corrected chi connectivity index (χ2v) is 9.84. The summed E-state index contributed by atoms with van der Waals surface area (Å²) in [6.45, 7) is 1.18. The van der Waals surface area contributed by atoms with Crippen LogP contribution in [0.5, 0.6) is 11.5 Å². The third kappa shape index (κ3) is 8.87. The first-order valence-electron chi connectivity index (χ1n) is 12.1. The summed E-state index contributed by atoms with van der Waals surface area (Å²) >= 11 is 2.47. The summed E-state index contributed by atoms with van der Waals surface area (Å²) in [6, 6.07) is 17.3. The Morgan fingerprint density at radius 2 is 1.77 bits per heavy atom. The molecule has 0 aliphatic heterocycles. The number of thioether (sulfide) groups is 1. The van der Waals surface area contributed by atoms with Crippen LogP contribution in [0.1, 0.15) is 21.5 Å². The first-order chi connectivity index (χ1) is 19.4. The number of carbonyl (C=O) groups excluding carboxylic acids is 2. The van der Waals surface area contributed by atoms with Crippen molar-refractivity contribution >= 4 is 50.7 Å². The maximum atomic E-state index is 13.1. The van der Waals surface area contributed by atoms with Crippen molar-refractivity contribution in [3.63, 3.8) is 0 Å². The zero-order valence-electron chi connectivity index (χ0n) is 22.6. The third-order valence-corrected chi connectivity index (χ3v) is 7.03. The summed E-state index contributed by atoms with van der Waals surface area (Å²) < 4.78 is 33.1. The van der Waals surface area contributed by atoms with Gasteiger partial charge in [0, 0.05) is 18.7 Å². The minimum Gasteiger partial charge on any atom is -0.493 e. The highest BCUT2D eigenvalue weighted by Gasteiger charge is 2.12. The molecule has 0 fully saturated rings. The number of esters is 1. The number of ether oxygens (including phenoxy) is 3. The number of fused-ring (bicyclic) bond motifs is 1. The molecule has 4 rings (SSSR count). The average molecular weight is 584 g/mol. The van der Waals surface area contributed by atoms with Crippen molar-refractivity contribution in [2.45, 2.75) is 6.54 Å². The van der Waals surface area contributed by atoms with Crippen molar-refractivity contribution in [3.8, 4) is 11.5 Å². The normalized spacial score (nSPS) is 10.8. The van der Waals surface area contributed by atoms with Gasteiger partial charge in [-0.2, -0.15) is 0 Å². The van der Waals surface area contributed by atoms with Crippen LogP contribution in [0, 0.1) is 5.82 Å². The van der Waals surface area contributed by atoms with E-state index in [2.05, 4.69) is 9.59 Å². The molecule has 0 saturated heterocycles. The van der Waals surface area contributed by atoms with Crippen LogP contribution in [0.15, 0.2) is 66.7 Å². The molecule has 3 aromatic carbocycles. The van der Waals surface area contributed by atoms with Gasteiger partial charge in [-0.05, 0) is 65.3 Å². The zero-order valence-corrected chi connectivity index (χ0v) is 24.3. The van der Waals surface area contributed by atoms with Gasteiger partial charge in [0.2, 0.25) is 5.12 Å². The Morgan fingerprint density at radius 3 is 2.45 bits per heavy atom. The van der Waals surface area contributed by atoms with E-state index >= 15 is 0 Å². The molecule has 0 aliphatic carbocycles. The summed E-state index contributed by atoms with van der Waals surface area (Å²) in [7, 11) is 4.54. The molecule has 0 amide bonds. The fourth-order valence-corrected chi connectivity index (χ4v) is 4.78. The fourth-order valence-electron chi connectivity index (χ4n) is 3.65. The topological polar surface area (TPSA) is 90.8 Å². The summed E-state index contributed by atoms with van der Waals surface area (Å²) in [5, 5.41) is 3.97. The predicted octanol–water partition coefficient (Wildman–Crippen LogP) is 5.73. The first-order valence-corrected chi connectivity index (χ1v) is 14.1. The van der Waals surface area contributed by atoms with Gasteiger partial charge in [-0.3, -0.25) is 14.5 Å². The molecule has 0 saturated carbocycles. The lowest BCUT2D eigenvalue weighted by Crippen LogP contribution is -2.30. The van der Waals surface area contributed by atoms with E-state index in [-0.39, 0.29) is 23.4 Å². The summed E-state index contributed by atoms with van der Waals surface area (Å²) in [5.41, 5.74) is 3.37. The number of rotatable bonds is 10. The van der Waals surface area contributed by atoms with Crippen LogP contribution in [0.3, 0.4) is 0 Å². The number of hydrogen-bond donors (Lipinski definition) is 0. The third-order valence-electron chi connectivity index (χ3n) is 5.66. The van der Waals surface area contributed by atoms with Crippen LogP contribution in [0.4, 0.5) is 4.39 Å². The zero-order chi connectivity index (χ0) is 28.9. The number of methoxy groups -OCH3 is 3. The predicted molar refractivity (Wildman–Crippen MR) is 158 cm³/mol. The Morgan fingerprint density at radius 1 is 1.02 bits per heavy atom. The van der Waals surface area contributed by atoms with Gasteiger partial charge in [-0.1, -0.05) is 52.7 Å². The van der Waals surface area contributed by atoms with Crippen LogP contribution in [-0.4, -0.2) is 66.2 Å². The SMILES string of the molecule is COC(=O)CN(C/C=C/c1ccc(OC)c(OC)c1)Cc1ccc(F)cc1.CSC(=O)c1cccc2nnsc12. The minimum absolute atomic E-state index is 0.0663. The van der Waals surface area contributed by atoms with Gasteiger partial charge in [0.1, 0.15) is 11.3 Å². The molecule has 0 bridgehead atoms. The van der Waals surface area contributed by atoms with Crippen LogP contribution < -0.4 is 9.47 Å². The molecular weight excluding hydrogens is 553 g/mol. The Bertz CT molecular complexity index is 1440. The molecule has 0 spiro atoms. The molecule has 40 heavy (non-hydrogen) atoms. The van der Waals surface area contributed by atoms with E-state index in [1.807, 2.05) is 47.4 Å². The molecule has 11 heteroatoms. The molecule has 1 heterocycles. The molecule has 210 valence electrons.